The van der Waals surface area contributed by atoms with Gasteiger partial charge in [0.05, 0.1) is 18.1 Å². The first kappa shape index (κ1) is 11.9. The molecular formula is C13H19N3O. The highest BCUT2D eigenvalue weighted by atomic mass is 16.5. The summed E-state index contributed by atoms with van der Waals surface area (Å²) in [4.78, 5) is 4.64. The van der Waals surface area contributed by atoms with E-state index in [4.69, 9.17) is 4.74 Å². The molecule has 17 heavy (non-hydrogen) atoms. The van der Waals surface area contributed by atoms with E-state index in [1.165, 1.54) is 0 Å². The lowest BCUT2D eigenvalue weighted by Gasteiger charge is -2.02. The van der Waals surface area contributed by atoms with E-state index in [1.54, 1.807) is 7.11 Å². The summed E-state index contributed by atoms with van der Waals surface area (Å²) in [6.07, 6.45) is 0.946. The highest BCUT2D eigenvalue weighted by Crippen LogP contribution is 2.20. The first-order chi connectivity index (χ1) is 8.26. The molecule has 1 aromatic carbocycles. The molecule has 0 saturated carbocycles. The molecule has 0 atom stereocenters. The van der Waals surface area contributed by atoms with Gasteiger partial charge in [-0.1, -0.05) is 6.92 Å². The van der Waals surface area contributed by atoms with Crippen molar-refractivity contribution in [3.8, 4) is 5.75 Å². The van der Waals surface area contributed by atoms with Crippen LogP contribution in [-0.4, -0.2) is 29.8 Å². The van der Waals surface area contributed by atoms with Crippen LogP contribution in [0.5, 0.6) is 5.75 Å². The van der Waals surface area contributed by atoms with Gasteiger partial charge in [-0.05, 0) is 18.7 Å². The zero-order valence-corrected chi connectivity index (χ0v) is 10.7. The van der Waals surface area contributed by atoms with Crippen LogP contribution in [-0.2, 0) is 13.5 Å². The molecule has 1 heterocycles. The molecule has 0 aliphatic heterocycles. The Morgan fingerprint density at radius 1 is 1.41 bits per heavy atom. The second-order valence-electron chi connectivity index (χ2n) is 4.05. The van der Waals surface area contributed by atoms with Crippen molar-refractivity contribution in [2.45, 2.75) is 13.3 Å². The second kappa shape index (κ2) is 5.19. The number of hydrogen-bond donors (Lipinski definition) is 1. The van der Waals surface area contributed by atoms with Crippen molar-refractivity contribution in [2.75, 3.05) is 20.2 Å². The third kappa shape index (κ3) is 2.42. The molecule has 1 aromatic heterocycles. The molecule has 92 valence electrons. The molecule has 0 aliphatic carbocycles. The maximum atomic E-state index is 5.21. The van der Waals surface area contributed by atoms with E-state index >= 15 is 0 Å². The Morgan fingerprint density at radius 2 is 2.24 bits per heavy atom. The lowest BCUT2D eigenvalue weighted by atomic mass is 10.3. The Morgan fingerprint density at radius 3 is 2.94 bits per heavy atom. The van der Waals surface area contributed by atoms with Gasteiger partial charge in [-0.3, -0.25) is 0 Å². The summed E-state index contributed by atoms with van der Waals surface area (Å²) in [5.41, 5.74) is 2.15. The molecule has 2 aromatic rings. The van der Waals surface area contributed by atoms with Crippen LogP contribution in [0, 0.1) is 0 Å². The largest absolute Gasteiger partial charge is 0.497 e. The minimum absolute atomic E-state index is 0.855. The van der Waals surface area contributed by atoms with Crippen LogP contribution in [0.3, 0.4) is 0 Å². The van der Waals surface area contributed by atoms with E-state index in [-0.39, 0.29) is 0 Å². The molecule has 0 bridgehead atoms. The number of hydrogen-bond acceptors (Lipinski definition) is 3. The minimum Gasteiger partial charge on any atom is -0.497 e. The Balaban J connectivity index is 2.28. The number of aryl methyl sites for hydroxylation is 1. The number of fused-ring (bicyclic) bond motifs is 1. The topological polar surface area (TPSA) is 39.1 Å². The summed E-state index contributed by atoms with van der Waals surface area (Å²) < 4.78 is 7.35. The van der Waals surface area contributed by atoms with Crippen LogP contribution in [0.25, 0.3) is 11.0 Å². The first-order valence-electron chi connectivity index (χ1n) is 5.96. The van der Waals surface area contributed by atoms with E-state index in [9.17, 15) is 0 Å². The fourth-order valence-corrected chi connectivity index (χ4v) is 1.96. The Hall–Kier alpha value is -1.55. The van der Waals surface area contributed by atoms with E-state index in [2.05, 4.69) is 34.9 Å². The second-order valence-corrected chi connectivity index (χ2v) is 4.05. The fourth-order valence-electron chi connectivity index (χ4n) is 1.96. The van der Waals surface area contributed by atoms with Crippen molar-refractivity contribution >= 4 is 11.0 Å². The molecule has 2 rings (SSSR count). The van der Waals surface area contributed by atoms with Crippen molar-refractivity contribution in [2.24, 2.45) is 7.05 Å². The smallest absolute Gasteiger partial charge is 0.121 e. The summed E-state index contributed by atoms with van der Waals surface area (Å²) in [5, 5.41) is 3.31. The Labute approximate surface area is 102 Å². The van der Waals surface area contributed by atoms with Crippen molar-refractivity contribution in [1.29, 1.82) is 0 Å². The summed E-state index contributed by atoms with van der Waals surface area (Å²) in [6, 6.07) is 6.00. The maximum absolute atomic E-state index is 5.21. The van der Waals surface area contributed by atoms with Crippen LogP contribution in [0.1, 0.15) is 12.7 Å². The van der Waals surface area contributed by atoms with Crippen molar-refractivity contribution < 1.29 is 4.74 Å². The molecule has 0 saturated heterocycles. The lowest BCUT2D eigenvalue weighted by Crippen LogP contribution is -2.17. The number of benzene rings is 1. The van der Waals surface area contributed by atoms with Crippen LogP contribution >= 0.6 is 0 Å². The predicted octanol–water partition coefficient (Wildman–Crippen LogP) is 1.73. The summed E-state index contributed by atoms with van der Waals surface area (Å²) >= 11 is 0. The third-order valence-electron chi connectivity index (χ3n) is 2.96. The van der Waals surface area contributed by atoms with Crippen molar-refractivity contribution in [1.82, 2.24) is 14.9 Å². The predicted molar refractivity (Wildman–Crippen MR) is 69.5 cm³/mol. The number of nitrogens with zero attached hydrogens (tertiary/aromatic N) is 2. The van der Waals surface area contributed by atoms with Gasteiger partial charge in [-0.25, -0.2) is 4.98 Å². The molecule has 0 spiro atoms. The summed E-state index contributed by atoms with van der Waals surface area (Å²) in [5.74, 6) is 1.96. The quantitative estimate of drug-likeness (QED) is 0.799. The average molecular weight is 233 g/mol. The Kier molecular flexibility index (Phi) is 3.64. The molecule has 0 amide bonds. The fraction of sp³-hybridized carbons (Fsp3) is 0.462. The van der Waals surface area contributed by atoms with Gasteiger partial charge in [0.25, 0.3) is 0 Å². The van der Waals surface area contributed by atoms with Gasteiger partial charge < -0.3 is 14.6 Å². The van der Waals surface area contributed by atoms with E-state index < -0.39 is 0 Å². The highest BCUT2D eigenvalue weighted by Gasteiger charge is 2.07. The lowest BCUT2D eigenvalue weighted by molar-refractivity contribution is 0.415. The number of methoxy groups -OCH3 is 1. The molecule has 4 nitrogen and oxygen atoms in total. The van der Waals surface area contributed by atoms with Crippen LogP contribution in [0.2, 0.25) is 0 Å². The molecule has 0 radical (unpaired) electrons. The average Bonchev–Trinajstić information content (AvgIpc) is 2.66. The van der Waals surface area contributed by atoms with E-state index in [1.807, 2.05) is 12.1 Å². The number of aromatic nitrogens is 2. The van der Waals surface area contributed by atoms with Gasteiger partial charge in [0.2, 0.25) is 0 Å². The molecule has 1 N–H and O–H groups in total. The maximum Gasteiger partial charge on any atom is 0.121 e. The van der Waals surface area contributed by atoms with Crippen LogP contribution in [0.4, 0.5) is 0 Å². The number of ether oxygens (including phenoxy) is 1. The van der Waals surface area contributed by atoms with Crippen LogP contribution in [0.15, 0.2) is 18.2 Å². The summed E-state index contributed by atoms with van der Waals surface area (Å²) in [6.45, 7) is 4.07. The van der Waals surface area contributed by atoms with Crippen molar-refractivity contribution in [3.63, 3.8) is 0 Å². The van der Waals surface area contributed by atoms with E-state index in [0.717, 1.165) is 42.1 Å². The first-order valence-corrected chi connectivity index (χ1v) is 5.96. The zero-order valence-electron chi connectivity index (χ0n) is 10.7. The molecule has 0 fully saturated rings. The number of nitrogens with one attached hydrogen (secondary N) is 1. The van der Waals surface area contributed by atoms with Crippen LogP contribution < -0.4 is 10.1 Å². The SMILES string of the molecule is CCNCCc1nc2cc(OC)ccc2n1C. The number of imidazole rings is 1. The minimum atomic E-state index is 0.855. The number of rotatable bonds is 5. The Bertz CT molecular complexity index is 505. The van der Waals surface area contributed by atoms with E-state index in [0.29, 0.717) is 0 Å². The highest BCUT2D eigenvalue weighted by molar-refractivity contribution is 5.77. The molecule has 0 unspecified atom stereocenters. The zero-order chi connectivity index (χ0) is 12.3. The third-order valence-corrected chi connectivity index (χ3v) is 2.96. The normalized spacial score (nSPS) is 11.0. The van der Waals surface area contributed by atoms with Gasteiger partial charge >= 0.3 is 0 Å². The van der Waals surface area contributed by atoms with Gasteiger partial charge in [0, 0.05) is 26.1 Å². The van der Waals surface area contributed by atoms with Gasteiger partial charge in [0.1, 0.15) is 11.6 Å². The number of likely N-dealkylation sites (N-methyl/N-ethyl adjacent to an activating group) is 1. The molecule has 4 heteroatoms. The van der Waals surface area contributed by atoms with Crippen molar-refractivity contribution in [3.05, 3.63) is 24.0 Å². The monoisotopic (exact) mass is 233 g/mol. The van der Waals surface area contributed by atoms with Gasteiger partial charge in [0.15, 0.2) is 0 Å². The molecule has 0 aliphatic rings. The standard InChI is InChI=1S/C13H19N3O/c1-4-14-8-7-13-15-11-9-10(17-3)5-6-12(11)16(13)2/h5-6,9,14H,4,7-8H2,1-3H3. The van der Waals surface area contributed by atoms with Gasteiger partial charge in [-0.15, -0.1) is 0 Å². The summed E-state index contributed by atoms with van der Waals surface area (Å²) in [7, 11) is 3.74. The van der Waals surface area contributed by atoms with Gasteiger partial charge in [-0.2, -0.15) is 0 Å². The molecular weight excluding hydrogens is 214 g/mol.